The number of hydrogen-bond acceptors (Lipinski definition) is 5. The van der Waals surface area contributed by atoms with Gasteiger partial charge in [-0.1, -0.05) is 19.9 Å². The molecule has 0 bridgehead atoms. The van der Waals surface area contributed by atoms with Gasteiger partial charge < -0.3 is 19.9 Å². The topological polar surface area (TPSA) is 110 Å². The minimum Gasteiger partial charge on any atom is -0.379 e. The van der Waals surface area contributed by atoms with Crippen molar-refractivity contribution in [1.29, 1.82) is 0 Å². The summed E-state index contributed by atoms with van der Waals surface area (Å²) in [6, 6.07) is 9.04. The van der Waals surface area contributed by atoms with Gasteiger partial charge in [0.25, 0.3) is 5.91 Å². The lowest BCUT2D eigenvalue weighted by Crippen LogP contribution is -2.49. The van der Waals surface area contributed by atoms with Crippen LogP contribution in [-0.2, 0) is 33.1 Å². The van der Waals surface area contributed by atoms with Crippen molar-refractivity contribution >= 4 is 21.8 Å². The van der Waals surface area contributed by atoms with Gasteiger partial charge in [-0.15, -0.1) is 0 Å². The number of amides is 2. The van der Waals surface area contributed by atoms with Crippen molar-refractivity contribution in [3.63, 3.8) is 0 Å². The predicted molar refractivity (Wildman–Crippen MR) is 124 cm³/mol. The van der Waals surface area contributed by atoms with E-state index in [1.54, 1.807) is 0 Å². The highest BCUT2D eigenvalue weighted by atomic mass is 32.2. The maximum Gasteiger partial charge on any atom is 0.251 e. The Morgan fingerprint density at radius 1 is 1.12 bits per heavy atom. The summed E-state index contributed by atoms with van der Waals surface area (Å²) >= 11 is 0. The Bertz CT molecular complexity index is 1100. The maximum atomic E-state index is 12.9. The van der Waals surface area contributed by atoms with Gasteiger partial charge in [-0.3, -0.25) is 9.59 Å². The van der Waals surface area contributed by atoms with Gasteiger partial charge in [-0.25, -0.2) is 8.42 Å². The third-order valence-corrected chi connectivity index (χ3v) is 7.75. The number of carbonyl (C=O) groups is 2. The van der Waals surface area contributed by atoms with Crippen molar-refractivity contribution in [1.82, 2.24) is 19.5 Å². The highest BCUT2D eigenvalue weighted by Gasteiger charge is 2.28. The number of rotatable bonds is 8. The Morgan fingerprint density at radius 3 is 2.42 bits per heavy atom. The van der Waals surface area contributed by atoms with Gasteiger partial charge in [-0.05, 0) is 43.2 Å². The molecule has 2 N–H and O–H groups in total. The summed E-state index contributed by atoms with van der Waals surface area (Å²) in [5.74, 6) is -0.962. The summed E-state index contributed by atoms with van der Waals surface area (Å²) < 4.78 is 34.4. The van der Waals surface area contributed by atoms with Gasteiger partial charge in [0.15, 0.2) is 0 Å². The third kappa shape index (κ3) is 5.82. The maximum absolute atomic E-state index is 12.9. The Labute approximate surface area is 195 Å². The summed E-state index contributed by atoms with van der Waals surface area (Å²) in [6.45, 7) is 7.24. The van der Waals surface area contributed by atoms with Crippen molar-refractivity contribution in [2.24, 2.45) is 13.0 Å². The molecular weight excluding hydrogens is 444 g/mol. The molecule has 2 aromatic rings. The van der Waals surface area contributed by atoms with Gasteiger partial charge in [0.05, 0.1) is 24.7 Å². The molecule has 1 saturated heterocycles. The molecule has 33 heavy (non-hydrogen) atoms. The van der Waals surface area contributed by atoms with Crippen LogP contribution in [0.15, 0.2) is 41.3 Å². The van der Waals surface area contributed by atoms with Crippen LogP contribution in [-0.4, -0.2) is 61.4 Å². The summed E-state index contributed by atoms with van der Waals surface area (Å²) in [4.78, 5) is 25.8. The van der Waals surface area contributed by atoms with E-state index < -0.39 is 22.0 Å². The molecule has 1 aliphatic rings. The molecule has 2 heterocycles. The molecule has 0 saturated carbocycles. The number of aromatic nitrogens is 1. The summed E-state index contributed by atoms with van der Waals surface area (Å²) in [5.41, 5.74) is 2.22. The number of sulfonamides is 1. The van der Waals surface area contributed by atoms with E-state index in [1.807, 2.05) is 44.5 Å². The molecule has 10 heteroatoms. The molecule has 1 fully saturated rings. The van der Waals surface area contributed by atoms with Crippen LogP contribution in [0.3, 0.4) is 0 Å². The van der Waals surface area contributed by atoms with Gasteiger partial charge in [0.2, 0.25) is 15.9 Å². The molecule has 0 unspecified atom stereocenters. The monoisotopic (exact) mass is 476 g/mol. The first-order chi connectivity index (χ1) is 15.6. The van der Waals surface area contributed by atoms with E-state index in [9.17, 15) is 18.0 Å². The second-order valence-electron chi connectivity index (χ2n) is 8.48. The Kier molecular flexibility index (Phi) is 7.93. The van der Waals surface area contributed by atoms with Gasteiger partial charge in [-0.2, -0.15) is 4.31 Å². The zero-order chi connectivity index (χ0) is 24.2. The molecule has 1 aromatic carbocycles. The molecule has 3 rings (SSSR count). The first-order valence-electron chi connectivity index (χ1n) is 11.0. The molecule has 9 nitrogen and oxygen atoms in total. The lowest BCUT2D eigenvalue weighted by molar-refractivity contribution is -0.124. The second-order valence-corrected chi connectivity index (χ2v) is 10.4. The summed E-state index contributed by atoms with van der Waals surface area (Å²) in [5, 5.41) is 5.64. The van der Waals surface area contributed by atoms with Crippen LogP contribution in [0.5, 0.6) is 0 Å². The van der Waals surface area contributed by atoms with Crippen molar-refractivity contribution in [2.75, 3.05) is 26.3 Å². The van der Waals surface area contributed by atoms with Crippen LogP contribution in [0.25, 0.3) is 0 Å². The Morgan fingerprint density at radius 2 is 1.82 bits per heavy atom. The third-order valence-electron chi connectivity index (χ3n) is 5.86. The number of carbonyl (C=O) groups excluding carboxylic acids is 2. The smallest absolute Gasteiger partial charge is 0.251 e. The van der Waals surface area contributed by atoms with E-state index in [1.165, 1.54) is 28.6 Å². The minimum atomic E-state index is -3.73. The van der Waals surface area contributed by atoms with Gasteiger partial charge in [0, 0.05) is 37.1 Å². The van der Waals surface area contributed by atoms with E-state index in [0.29, 0.717) is 19.8 Å². The highest BCUT2D eigenvalue weighted by molar-refractivity contribution is 7.89. The fraction of sp³-hybridized carbons (Fsp3) is 0.478. The molecule has 1 aromatic heterocycles. The minimum absolute atomic E-state index is 0.0432. The fourth-order valence-corrected chi connectivity index (χ4v) is 5.08. The quantitative estimate of drug-likeness (QED) is 0.599. The van der Waals surface area contributed by atoms with E-state index in [0.717, 1.165) is 11.4 Å². The molecule has 0 spiro atoms. The summed E-state index contributed by atoms with van der Waals surface area (Å²) in [6.07, 6.45) is 0. The number of morpholine rings is 1. The predicted octanol–water partition coefficient (Wildman–Crippen LogP) is 1.43. The van der Waals surface area contributed by atoms with Crippen molar-refractivity contribution in [3.05, 3.63) is 53.3 Å². The number of hydrogen-bond donors (Lipinski definition) is 2. The SMILES string of the molecule is Cc1ccc(CNC(=O)[C@@H](NC(=O)c2cccc(S(=O)(=O)N3CCOCC3)c2)C(C)C)n1C. The standard InChI is InChI=1S/C23H32N4O5S/c1-16(2)21(23(29)24-15-19-9-8-17(3)26(19)4)25-22(28)18-6-5-7-20(14-18)33(30,31)27-10-12-32-13-11-27/h5-9,14,16,21H,10-13,15H2,1-4H3,(H,24,29)(H,25,28)/t21-/m0/s1. The van der Waals surface area contributed by atoms with Crippen LogP contribution in [0.4, 0.5) is 0 Å². The average Bonchev–Trinajstić information content (AvgIpc) is 3.13. The number of aryl methyl sites for hydroxylation is 1. The first kappa shape index (κ1) is 24.9. The van der Waals surface area contributed by atoms with Crippen molar-refractivity contribution in [3.8, 4) is 0 Å². The molecule has 1 atom stereocenters. The number of ether oxygens (including phenoxy) is 1. The normalized spacial score (nSPS) is 15.9. The number of benzene rings is 1. The zero-order valence-electron chi connectivity index (χ0n) is 19.5. The Hall–Kier alpha value is -2.69. The molecule has 1 aliphatic heterocycles. The molecular formula is C23H32N4O5S. The second kappa shape index (κ2) is 10.5. The van der Waals surface area contributed by atoms with Gasteiger partial charge >= 0.3 is 0 Å². The van der Waals surface area contributed by atoms with Crippen molar-refractivity contribution < 1.29 is 22.7 Å². The Balaban J connectivity index is 1.70. The fourth-order valence-electron chi connectivity index (χ4n) is 3.63. The number of nitrogens with one attached hydrogen (secondary N) is 2. The first-order valence-corrected chi connectivity index (χ1v) is 12.4. The largest absolute Gasteiger partial charge is 0.379 e. The van der Waals surface area contributed by atoms with E-state index in [-0.39, 0.29) is 35.4 Å². The molecule has 0 radical (unpaired) electrons. The van der Waals surface area contributed by atoms with E-state index >= 15 is 0 Å². The van der Waals surface area contributed by atoms with Gasteiger partial charge in [0.1, 0.15) is 6.04 Å². The molecule has 180 valence electrons. The van der Waals surface area contributed by atoms with E-state index in [4.69, 9.17) is 4.74 Å². The van der Waals surface area contributed by atoms with Crippen molar-refractivity contribution in [2.45, 2.75) is 38.3 Å². The zero-order valence-corrected chi connectivity index (χ0v) is 20.3. The lowest BCUT2D eigenvalue weighted by atomic mass is 10.0. The highest BCUT2D eigenvalue weighted by Crippen LogP contribution is 2.19. The van der Waals surface area contributed by atoms with E-state index in [2.05, 4.69) is 10.6 Å². The lowest BCUT2D eigenvalue weighted by Gasteiger charge is -2.26. The average molecular weight is 477 g/mol. The van der Waals surface area contributed by atoms with Crippen LogP contribution in [0.2, 0.25) is 0 Å². The number of nitrogens with zero attached hydrogens (tertiary/aromatic N) is 2. The van der Waals surface area contributed by atoms with Crippen LogP contribution in [0.1, 0.15) is 35.6 Å². The summed E-state index contributed by atoms with van der Waals surface area (Å²) in [7, 11) is -1.80. The van der Waals surface area contributed by atoms with Crippen LogP contribution >= 0.6 is 0 Å². The molecule has 0 aliphatic carbocycles. The molecule has 2 amide bonds. The van der Waals surface area contributed by atoms with Crippen LogP contribution in [0, 0.1) is 12.8 Å². The van der Waals surface area contributed by atoms with Crippen LogP contribution < -0.4 is 10.6 Å².